The van der Waals surface area contributed by atoms with Crippen LogP contribution in [0.4, 0.5) is 5.69 Å². The van der Waals surface area contributed by atoms with Gasteiger partial charge in [0.2, 0.25) is 10.0 Å². The van der Waals surface area contributed by atoms with E-state index in [1.165, 1.54) is 11.3 Å². The first-order chi connectivity index (χ1) is 21.6. The largest absolute Gasteiger partial charge is 0.371 e. The van der Waals surface area contributed by atoms with Crippen LogP contribution in [0, 0.1) is 13.8 Å². The second-order valence-electron chi connectivity index (χ2n) is 12.8. The van der Waals surface area contributed by atoms with Gasteiger partial charge in [0.25, 0.3) is 0 Å². The first-order valence-corrected chi connectivity index (χ1v) is 17.8. The maximum Gasteiger partial charge on any atom is 0.213 e. The Labute approximate surface area is 269 Å². The molecule has 242 valence electrons. The van der Waals surface area contributed by atoms with Crippen LogP contribution in [0.25, 0.3) is 5.70 Å². The lowest BCUT2D eigenvalue weighted by Crippen LogP contribution is -2.57. The van der Waals surface area contributed by atoms with Gasteiger partial charge in [0.05, 0.1) is 17.1 Å². The number of sulfonamides is 1. The Morgan fingerprint density at radius 2 is 1.60 bits per heavy atom. The van der Waals surface area contributed by atoms with Crippen LogP contribution in [0.5, 0.6) is 0 Å². The highest BCUT2D eigenvalue weighted by Crippen LogP contribution is 2.36. The Bertz CT molecular complexity index is 1510. The smallest absolute Gasteiger partial charge is 0.213 e. The van der Waals surface area contributed by atoms with Crippen LogP contribution >= 0.6 is 0 Å². The lowest BCUT2D eigenvalue weighted by Gasteiger charge is -2.51. The van der Waals surface area contributed by atoms with Crippen molar-refractivity contribution in [1.82, 2.24) is 24.5 Å². The number of likely N-dealkylation sites (tertiary alicyclic amines) is 2. The topological polar surface area (TPSA) is 108 Å². The van der Waals surface area contributed by atoms with Crippen LogP contribution in [0.1, 0.15) is 60.7 Å². The number of benzene rings is 2. The van der Waals surface area contributed by atoms with Crippen molar-refractivity contribution in [2.24, 2.45) is 5.73 Å². The molecule has 1 aromatic heterocycles. The Morgan fingerprint density at radius 3 is 2.20 bits per heavy atom. The summed E-state index contributed by atoms with van der Waals surface area (Å²) < 4.78 is 26.8. The zero-order valence-corrected chi connectivity index (χ0v) is 27.9. The monoisotopic (exact) mass is 631 g/mol. The Balaban J connectivity index is 1.22. The number of nitrogens with one attached hydrogen (secondary N) is 1. The predicted molar refractivity (Wildman–Crippen MR) is 183 cm³/mol. The van der Waals surface area contributed by atoms with Gasteiger partial charge in [-0.15, -0.1) is 0 Å². The summed E-state index contributed by atoms with van der Waals surface area (Å²) in [7, 11) is -3.36. The Morgan fingerprint density at radius 1 is 0.978 bits per heavy atom. The molecule has 0 amide bonds. The molecule has 0 saturated carbocycles. The molecule has 2 aliphatic heterocycles. The predicted octanol–water partition coefficient (Wildman–Crippen LogP) is 4.47. The van der Waals surface area contributed by atoms with Gasteiger partial charge in [-0.1, -0.05) is 49.0 Å². The number of aryl methyl sites for hydroxylation is 2. The maximum absolute atomic E-state index is 12.1. The number of anilines is 1. The number of hydrogen-bond acceptors (Lipinski definition) is 8. The van der Waals surface area contributed by atoms with Crippen LogP contribution < -0.4 is 15.4 Å². The van der Waals surface area contributed by atoms with Crippen LogP contribution in [-0.2, 0) is 23.1 Å². The third kappa shape index (κ3) is 8.10. The van der Waals surface area contributed by atoms with E-state index in [0.29, 0.717) is 6.04 Å². The lowest BCUT2D eigenvalue weighted by atomic mass is 9.85. The third-order valence-electron chi connectivity index (χ3n) is 9.75. The van der Waals surface area contributed by atoms with E-state index < -0.39 is 10.0 Å². The molecule has 2 aliphatic rings. The molecule has 0 radical (unpaired) electrons. The van der Waals surface area contributed by atoms with Gasteiger partial charge in [-0.2, -0.15) is 0 Å². The van der Waals surface area contributed by atoms with Crippen LogP contribution in [0.15, 0.2) is 67.5 Å². The van der Waals surface area contributed by atoms with Gasteiger partial charge < -0.3 is 15.5 Å². The van der Waals surface area contributed by atoms with Gasteiger partial charge >= 0.3 is 0 Å². The van der Waals surface area contributed by atoms with Crippen molar-refractivity contribution in [2.75, 3.05) is 43.4 Å². The van der Waals surface area contributed by atoms with Crippen LogP contribution in [-0.4, -0.2) is 78.2 Å². The normalized spacial score (nSPS) is 17.7. The zero-order chi connectivity index (χ0) is 32.0. The molecule has 0 bridgehead atoms. The first kappa shape index (κ1) is 33.1. The van der Waals surface area contributed by atoms with Crippen LogP contribution in [0.2, 0.25) is 0 Å². The molecule has 0 unspecified atom stereocenters. The van der Waals surface area contributed by atoms with Gasteiger partial charge in [-0.05, 0) is 69.7 Å². The summed E-state index contributed by atoms with van der Waals surface area (Å²) in [5.74, 6) is -0.0657. The second kappa shape index (κ2) is 14.4. The summed E-state index contributed by atoms with van der Waals surface area (Å²) in [6.07, 6.45) is 6.03. The molecule has 45 heavy (non-hydrogen) atoms. The minimum absolute atomic E-state index is 0.0657. The zero-order valence-electron chi connectivity index (χ0n) is 27.1. The average molecular weight is 632 g/mol. The fourth-order valence-electron chi connectivity index (χ4n) is 6.90. The SMILES string of the molecule is C=C(c1c(C)ncnc1C)N1CCC(C)(N2CCC(N(Cc3ccccc3)c3ccc(CNS(=O)(=O)CCN)cc3)CC2)CC1. The first-order valence-electron chi connectivity index (χ1n) is 16.1. The van der Waals surface area contributed by atoms with Crippen molar-refractivity contribution in [2.45, 2.75) is 71.1 Å². The number of nitrogens with zero attached hydrogens (tertiary/aromatic N) is 5. The summed E-state index contributed by atoms with van der Waals surface area (Å²) in [5.41, 5.74) is 13.1. The van der Waals surface area contributed by atoms with E-state index in [1.54, 1.807) is 6.33 Å². The average Bonchev–Trinajstić information content (AvgIpc) is 3.04. The van der Waals surface area contributed by atoms with Crippen molar-refractivity contribution >= 4 is 21.4 Å². The van der Waals surface area contributed by atoms with E-state index in [4.69, 9.17) is 5.73 Å². The molecule has 2 aromatic carbocycles. The van der Waals surface area contributed by atoms with E-state index in [9.17, 15) is 8.42 Å². The molecule has 9 nitrogen and oxygen atoms in total. The molecule has 3 heterocycles. The highest BCUT2D eigenvalue weighted by molar-refractivity contribution is 7.89. The van der Waals surface area contributed by atoms with Crippen molar-refractivity contribution < 1.29 is 8.42 Å². The Hall–Kier alpha value is -3.31. The third-order valence-corrected chi connectivity index (χ3v) is 11.1. The molecule has 0 spiro atoms. The van der Waals surface area contributed by atoms with Crippen molar-refractivity contribution in [1.29, 1.82) is 0 Å². The number of rotatable bonds is 12. The molecule has 10 heteroatoms. The number of nitrogens with two attached hydrogens (primary N) is 1. The standard InChI is InChI=1S/C35H49N7O2S/c1-27-34(28(2)38-26-37-27)29(3)40-21-16-35(4,17-22-40)41-19-14-33(15-20-41)42(25-31-8-6-5-7-9-31)32-12-10-30(11-13-32)24-39-45(43,44)23-18-36/h5-13,26,33,39H,3,14-25,36H2,1-2,4H3. The van der Waals surface area contributed by atoms with Crippen molar-refractivity contribution in [3.63, 3.8) is 0 Å². The van der Waals surface area contributed by atoms with Gasteiger partial charge in [0.1, 0.15) is 6.33 Å². The fraction of sp³-hybridized carbons (Fsp3) is 0.486. The van der Waals surface area contributed by atoms with Gasteiger partial charge in [-0.3, -0.25) is 4.90 Å². The van der Waals surface area contributed by atoms with Gasteiger partial charge in [0, 0.05) is 74.3 Å². The molecule has 2 fully saturated rings. The molecule has 3 aromatic rings. The van der Waals surface area contributed by atoms with E-state index in [-0.39, 0.29) is 24.4 Å². The quantitative estimate of drug-likeness (QED) is 0.302. The number of aromatic nitrogens is 2. The summed E-state index contributed by atoms with van der Waals surface area (Å²) in [6, 6.07) is 19.4. The fourth-order valence-corrected chi connectivity index (χ4v) is 7.74. The minimum atomic E-state index is -3.36. The molecule has 2 saturated heterocycles. The van der Waals surface area contributed by atoms with E-state index in [0.717, 1.165) is 86.6 Å². The van der Waals surface area contributed by atoms with E-state index >= 15 is 0 Å². The molecular formula is C35H49N7O2S. The molecule has 0 atom stereocenters. The molecule has 5 rings (SSSR count). The van der Waals surface area contributed by atoms with Gasteiger partial charge in [0.15, 0.2) is 0 Å². The number of piperidine rings is 2. The number of hydrogen-bond donors (Lipinski definition) is 2. The summed E-state index contributed by atoms with van der Waals surface area (Å²) in [6.45, 7) is 16.3. The Kier molecular flexibility index (Phi) is 10.6. The molecular weight excluding hydrogens is 582 g/mol. The second-order valence-corrected chi connectivity index (χ2v) is 14.7. The van der Waals surface area contributed by atoms with E-state index in [1.807, 2.05) is 26.0 Å². The van der Waals surface area contributed by atoms with Crippen molar-refractivity contribution in [3.8, 4) is 0 Å². The van der Waals surface area contributed by atoms with Gasteiger partial charge in [-0.25, -0.2) is 23.1 Å². The summed E-state index contributed by atoms with van der Waals surface area (Å²) in [5, 5.41) is 0. The molecule has 3 N–H and O–H groups in total. The summed E-state index contributed by atoms with van der Waals surface area (Å²) >= 11 is 0. The van der Waals surface area contributed by atoms with Crippen LogP contribution in [0.3, 0.4) is 0 Å². The highest BCUT2D eigenvalue weighted by Gasteiger charge is 2.39. The van der Waals surface area contributed by atoms with E-state index in [2.05, 4.69) is 85.4 Å². The minimum Gasteiger partial charge on any atom is -0.371 e. The lowest BCUT2D eigenvalue weighted by molar-refractivity contribution is 0.0298. The maximum atomic E-state index is 12.1. The highest BCUT2D eigenvalue weighted by atomic mass is 32.2. The summed E-state index contributed by atoms with van der Waals surface area (Å²) in [4.78, 5) is 16.5. The molecule has 0 aliphatic carbocycles. The van der Waals surface area contributed by atoms with Crippen molar-refractivity contribution in [3.05, 3.63) is 95.6 Å².